The second-order valence-electron chi connectivity index (χ2n) is 5.52. The highest BCUT2D eigenvalue weighted by Gasteiger charge is 2.13. The minimum Gasteiger partial charge on any atom is -0.462 e. The number of benzene rings is 1. The maximum Gasteiger partial charge on any atom is 0.339 e. The summed E-state index contributed by atoms with van der Waals surface area (Å²) in [5.41, 5.74) is 6.50. The Labute approximate surface area is 143 Å². The molecule has 0 spiro atoms. The van der Waals surface area contributed by atoms with Gasteiger partial charge in [-0.1, -0.05) is 30.9 Å². The normalized spacial score (nSPS) is 15.1. The summed E-state index contributed by atoms with van der Waals surface area (Å²) >= 11 is 5.97. The van der Waals surface area contributed by atoms with Crippen LogP contribution in [0.25, 0.3) is 0 Å². The van der Waals surface area contributed by atoms with Crippen LogP contribution in [0.1, 0.15) is 48.9 Å². The summed E-state index contributed by atoms with van der Waals surface area (Å²) in [6.45, 7) is 1.28. The lowest BCUT2D eigenvalue weighted by Crippen LogP contribution is -2.32. The molecule has 6 heteroatoms. The molecule has 1 aromatic carbocycles. The van der Waals surface area contributed by atoms with Gasteiger partial charge in [0.2, 0.25) is 0 Å². The van der Waals surface area contributed by atoms with Gasteiger partial charge in [-0.3, -0.25) is 0 Å². The quantitative estimate of drug-likeness (QED) is 0.467. The largest absolute Gasteiger partial charge is 0.462 e. The third kappa shape index (κ3) is 6.03. The molecule has 1 saturated carbocycles. The zero-order valence-electron chi connectivity index (χ0n) is 12.6. The van der Waals surface area contributed by atoms with E-state index in [1.807, 2.05) is 0 Å². The molecule has 0 saturated heterocycles. The molecule has 124 valence electrons. The van der Waals surface area contributed by atoms with E-state index in [0.717, 1.165) is 13.0 Å². The molecule has 0 bridgehead atoms. The molecule has 0 heterocycles. The maximum absolute atomic E-state index is 11.9. The van der Waals surface area contributed by atoms with Crippen LogP contribution in [0.3, 0.4) is 0 Å². The van der Waals surface area contributed by atoms with Crippen molar-refractivity contribution >= 4 is 35.7 Å². The number of rotatable bonds is 6. The lowest BCUT2D eigenvalue weighted by atomic mass is 9.95. The SMILES string of the molecule is Cl.Nc1ccc(C(=O)OCCCNC2CCCCC2)c(Cl)c1. The van der Waals surface area contributed by atoms with Gasteiger partial charge in [-0.2, -0.15) is 0 Å². The van der Waals surface area contributed by atoms with Crippen LogP contribution in [-0.4, -0.2) is 25.2 Å². The number of ether oxygens (including phenoxy) is 1. The molecule has 0 unspecified atom stereocenters. The van der Waals surface area contributed by atoms with Crippen LogP contribution in [0.2, 0.25) is 5.02 Å². The third-order valence-electron chi connectivity index (χ3n) is 3.81. The van der Waals surface area contributed by atoms with Gasteiger partial charge in [-0.15, -0.1) is 12.4 Å². The summed E-state index contributed by atoms with van der Waals surface area (Å²) in [6, 6.07) is 5.44. The van der Waals surface area contributed by atoms with Crippen molar-refractivity contribution in [2.24, 2.45) is 0 Å². The second-order valence-corrected chi connectivity index (χ2v) is 5.93. The average Bonchev–Trinajstić information content (AvgIpc) is 2.47. The Hall–Kier alpha value is -0.970. The van der Waals surface area contributed by atoms with E-state index in [0.29, 0.717) is 28.9 Å². The van der Waals surface area contributed by atoms with E-state index < -0.39 is 5.97 Å². The maximum atomic E-state index is 11.9. The molecule has 22 heavy (non-hydrogen) atoms. The smallest absolute Gasteiger partial charge is 0.339 e. The Morgan fingerprint density at radius 2 is 2.05 bits per heavy atom. The third-order valence-corrected chi connectivity index (χ3v) is 4.12. The number of nitrogen functional groups attached to an aromatic ring is 1. The van der Waals surface area contributed by atoms with Crippen LogP contribution in [-0.2, 0) is 4.74 Å². The van der Waals surface area contributed by atoms with Gasteiger partial charge < -0.3 is 15.8 Å². The highest BCUT2D eigenvalue weighted by molar-refractivity contribution is 6.33. The predicted octanol–water partition coefficient (Wildman–Crippen LogP) is 3.81. The highest BCUT2D eigenvalue weighted by atomic mass is 35.5. The Kier molecular flexibility index (Phi) is 8.61. The zero-order chi connectivity index (χ0) is 15.1. The fourth-order valence-electron chi connectivity index (χ4n) is 2.62. The van der Waals surface area contributed by atoms with Crippen LogP contribution < -0.4 is 11.1 Å². The number of nitrogens with two attached hydrogens (primary N) is 1. The van der Waals surface area contributed by atoms with Crippen molar-refractivity contribution in [1.29, 1.82) is 0 Å². The Morgan fingerprint density at radius 1 is 1.32 bits per heavy atom. The lowest BCUT2D eigenvalue weighted by molar-refractivity contribution is 0.0500. The average molecular weight is 347 g/mol. The highest BCUT2D eigenvalue weighted by Crippen LogP contribution is 2.20. The Balaban J connectivity index is 0.00000242. The number of hydrogen-bond donors (Lipinski definition) is 2. The lowest BCUT2D eigenvalue weighted by Gasteiger charge is -2.22. The Morgan fingerprint density at radius 3 is 2.73 bits per heavy atom. The molecule has 0 aliphatic heterocycles. The number of esters is 1. The van der Waals surface area contributed by atoms with Crippen molar-refractivity contribution in [1.82, 2.24) is 5.32 Å². The van der Waals surface area contributed by atoms with Crippen molar-refractivity contribution in [3.63, 3.8) is 0 Å². The van der Waals surface area contributed by atoms with Crippen molar-refractivity contribution in [3.8, 4) is 0 Å². The van der Waals surface area contributed by atoms with Crippen LogP contribution in [0.4, 0.5) is 5.69 Å². The molecule has 0 amide bonds. The fraction of sp³-hybridized carbons (Fsp3) is 0.562. The summed E-state index contributed by atoms with van der Waals surface area (Å²) in [4.78, 5) is 11.9. The number of hydrogen-bond acceptors (Lipinski definition) is 4. The summed E-state index contributed by atoms with van der Waals surface area (Å²) in [5.74, 6) is -0.391. The Bertz CT molecular complexity index is 477. The molecule has 1 aliphatic carbocycles. The summed E-state index contributed by atoms with van der Waals surface area (Å²) in [5, 5.41) is 3.85. The molecular formula is C16H24Cl2N2O2. The molecule has 2 rings (SSSR count). The fourth-order valence-corrected chi connectivity index (χ4v) is 2.89. The summed E-state index contributed by atoms with van der Waals surface area (Å²) in [7, 11) is 0. The van der Waals surface area contributed by atoms with Crippen LogP contribution in [0, 0.1) is 0 Å². The topological polar surface area (TPSA) is 64.4 Å². The molecule has 0 radical (unpaired) electrons. The van der Waals surface area contributed by atoms with Crippen molar-refractivity contribution in [2.75, 3.05) is 18.9 Å². The first-order valence-electron chi connectivity index (χ1n) is 7.62. The van der Waals surface area contributed by atoms with Crippen LogP contribution >= 0.6 is 24.0 Å². The number of halogens is 2. The van der Waals surface area contributed by atoms with Crippen molar-refractivity contribution < 1.29 is 9.53 Å². The van der Waals surface area contributed by atoms with Gasteiger partial charge in [0.25, 0.3) is 0 Å². The summed E-state index contributed by atoms with van der Waals surface area (Å²) < 4.78 is 5.23. The standard InChI is InChI=1S/C16H23ClN2O2.ClH/c17-15-11-12(18)7-8-14(15)16(20)21-10-4-9-19-13-5-2-1-3-6-13;/h7-8,11,13,19H,1-6,9-10,18H2;1H. The molecule has 1 aromatic rings. The van der Waals surface area contributed by atoms with E-state index in [-0.39, 0.29) is 12.4 Å². The van der Waals surface area contributed by atoms with Gasteiger partial charge in [0.05, 0.1) is 17.2 Å². The van der Waals surface area contributed by atoms with E-state index in [2.05, 4.69) is 5.32 Å². The molecule has 0 aromatic heterocycles. The van der Waals surface area contributed by atoms with Crippen molar-refractivity contribution in [2.45, 2.75) is 44.6 Å². The molecule has 0 atom stereocenters. The molecular weight excluding hydrogens is 323 g/mol. The van der Waals surface area contributed by atoms with E-state index in [9.17, 15) is 4.79 Å². The first-order chi connectivity index (χ1) is 10.2. The molecule has 4 nitrogen and oxygen atoms in total. The van der Waals surface area contributed by atoms with Gasteiger partial charge in [-0.05, 0) is 44.0 Å². The monoisotopic (exact) mass is 346 g/mol. The first-order valence-corrected chi connectivity index (χ1v) is 8.00. The minimum atomic E-state index is -0.391. The molecule has 1 fully saturated rings. The first kappa shape index (κ1) is 19.1. The number of carbonyl (C=O) groups is 1. The summed E-state index contributed by atoms with van der Waals surface area (Å²) in [6.07, 6.45) is 7.35. The second kappa shape index (κ2) is 9.93. The van der Waals surface area contributed by atoms with Gasteiger partial charge in [0.15, 0.2) is 0 Å². The van der Waals surface area contributed by atoms with Crippen molar-refractivity contribution in [3.05, 3.63) is 28.8 Å². The zero-order valence-corrected chi connectivity index (χ0v) is 14.2. The van der Waals surface area contributed by atoms with Gasteiger partial charge >= 0.3 is 5.97 Å². The van der Waals surface area contributed by atoms with E-state index in [1.165, 1.54) is 32.1 Å². The van der Waals surface area contributed by atoms with Gasteiger partial charge in [0, 0.05) is 11.7 Å². The van der Waals surface area contributed by atoms with Crippen LogP contribution in [0.5, 0.6) is 0 Å². The number of nitrogens with one attached hydrogen (secondary N) is 1. The predicted molar refractivity (Wildman–Crippen MR) is 92.9 cm³/mol. The molecule has 3 N–H and O–H groups in total. The minimum absolute atomic E-state index is 0. The number of anilines is 1. The van der Waals surface area contributed by atoms with Gasteiger partial charge in [0.1, 0.15) is 0 Å². The van der Waals surface area contributed by atoms with E-state index in [1.54, 1.807) is 18.2 Å². The number of carbonyl (C=O) groups excluding carboxylic acids is 1. The van der Waals surface area contributed by atoms with E-state index >= 15 is 0 Å². The van der Waals surface area contributed by atoms with Crippen LogP contribution in [0.15, 0.2) is 18.2 Å². The van der Waals surface area contributed by atoms with Gasteiger partial charge in [-0.25, -0.2) is 4.79 Å². The molecule has 1 aliphatic rings. The van der Waals surface area contributed by atoms with E-state index in [4.69, 9.17) is 22.1 Å².